The fraction of sp³-hybridized carbons (Fsp3) is 0.0714. The van der Waals surface area contributed by atoms with Crippen LogP contribution in [-0.4, -0.2) is 5.84 Å². The molecule has 0 fully saturated rings. The van der Waals surface area contributed by atoms with Gasteiger partial charge in [-0.3, -0.25) is 4.99 Å². The SMILES string of the molecule is NC(=NCc1cccc(Cl)c1)c1ccc(Br)cc1. The van der Waals surface area contributed by atoms with Crippen molar-refractivity contribution >= 4 is 33.4 Å². The summed E-state index contributed by atoms with van der Waals surface area (Å²) >= 11 is 9.29. The Morgan fingerprint density at radius 1 is 1.17 bits per heavy atom. The maximum Gasteiger partial charge on any atom is 0.125 e. The van der Waals surface area contributed by atoms with Crippen LogP contribution in [0.2, 0.25) is 5.02 Å². The number of amidine groups is 1. The van der Waals surface area contributed by atoms with Crippen molar-refractivity contribution in [3.05, 3.63) is 69.2 Å². The van der Waals surface area contributed by atoms with E-state index in [1.165, 1.54) is 0 Å². The van der Waals surface area contributed by atoms with E-state index >= 15 is 0 Å². The number of hydrogen-bond donors (Lipinski definition) is 1. The molecule has 0 saturated heterocycles. The summed E-state index contributed by atoms with van der Waals surface area (Å²) in [4.78, 5) is 4.36. The monoisotopic (exact) mass is 322 g/mol. The lowest BCUT2D eigenvalue weighted by atomic mass is 10.2. The Bertz CT molecular complexity index is 564. The lowest BCUT2D eigenvalue weighted by Gasteiger charge is -2.02. The second-order valence-corrected chi connectivity index (χ2v) is 5.19. The summed E-state index contributed by atoms with van der Waals surface area (Å²) in [7, 11) is 0. The van der Waals surface area contributed by atoms with E-state index in [0.29, 0.717) is 17.4 Å². The summed E-state index contributed by atoms with van der Waals surface area (Å²) in [5.74, 6) is 0.530. The van der Waals surface area contributed by atoms with Gasteiger partial charge in [0.15, 0.2) is 0 Å². The second kappa shape index (κ2) is 6.03. The van der Waals surface area contributed by atoms with E-state index < -0.39 is 0 Å². The van der Waals surface area contributed by atoms with Crippen LogP contribution in [0.15, 0.2) is 58.0 Å². The largest absolute Gasteiger partial charge is 0.383 e. The van der Waals surface area contributed by atoms with Gasteiger partial charge in [-0.1, -0.05) is 51.8 Å². The van der Waals surface area contributed by atoms with Crippen LogP contribution in [0, 0.1) is 0 Å². The Kier molecular flexibility index (Phi) is 4.39. The van der Waals surface area contributed by atoms with Crippen LogP contribution in [0.4, 0.5) is 0 Å². The van der Waals surface area contributed by atoms with Crippen LogP contribution in [0.5, 0.6) is 0 Å². The first-order valence-corrected chi connectivity index (χ1v) is 6.62. The molecule has 0 saturated carbocycles. The molecule has 4 heteroatoms. The third kappa shape index (κ3) is 3.59. The maximum atomic E-state index is 5.93. The highest BCUT2D eigenvalue weighted by Gasteiger charge is 1.98. The number of rotatable bonds is 3. The first-order chi connectivity index (χ1) is 8.65. The van der Waals surface area contributed by atoms with Gasteiger partial charge in [0.2, 0.25) is 0 Å². The van der Waals surface area contributed by atoms with Gasteiger partial charge in [0.1, 0.15) is 5.84 Å². The molecule has 0 aliphatic rings. The standard InChI is InChI=1S/C14H12BrClN2/c15-12-6-4-11(5-7-12)14(17)18-9-10-2-1-3-13(16)8-10/h1-8H,9H2,(H2,17,18). The van der Waals surface area contributed by atoms with Gasteiger partial charge in [0, 0.05) is 15.1 Å². The fourth-order valence-corrected chi connectivity index (χ4v) is 2.00. The van der Waals surface area contributed by atoms with Gasteiger partial charge >= 0.3 is 0 Å². The van der Waals surface area contributed by atoms with Crippen molar-refractivity contribution in [1.29, 1.82) is 0 Å². The third-order valence-electron chi connectivity index (χ3n) is 2.46. The van der Waals surface area contributed by atoms with Gasteiger partial charge in [0.05, 0.1) is 6.54 Å². The smallest absolute Gasteiger partial charge is 0.125 e. The molecule has 0 aliphatic heterocycles. The van der Waals surface area contributed by atoms with Crippen LogP contribution in [0.1, 0.15) is 11.1 Å². The zero-order valence-electron chi connectivity index (χ0n) is 9.61. The molecule has 0 spiro atoms. The summed E-state index contributed by atoms with van der Waals surface area (Å²) in [5, 5.41) is 0.713. The van der Waals surface area contributed by atoms with Crippen molar-refractivity contribution in [2.24, 2.45) is 10.7 Å². The maximum absolute atomic E-state index is 5.93. The first kappa shape index (κ1) is 13.1. The van der Waals surface area contributed by atoms with Crippen LogP contribution in [0.3, 0.4) is 0 Å². The predicted octanol–water partition coefficient (Wildman–Crippen LogP) is 4.01. The zero-order chi connectivity index (χ0) is 13.0. The molecule has 0 aromatic heterocycles. The van der Waals surface area contributed by atoms with Gasteiger partial charge < -0.3 is 5.73 Å². The first-order valence-electron chi connectivity index (χ1n) is 5.45. The van der Waals surface area contributed by atoms with Crippen molar-refractivity contribution in [2.75, 3.05) is 0 Å². The Morgan fingerprint density at radius 2 is 1.89 bits per heavy atom. The molecule has 0 unspecified atom stereocenters. The molecule has 18 heavy (non-hydrogen) atoms. The average Bonchev–Trinajstić information content (AvgIpc) is 2.37. The van der Waals surface area contributed by atoms with E-state index in [1.807, 2.05) is 48.5 Å². The number of benzene rings is 2. The minimum Gasteiger partial charge on any atom is -0.383 e. The molecular weight excluding hydrogens is 312 g/mol. The highest BCUT2D eigenvalue weighted by molar-refractivity contribution is 9.10. The normalized spacial score (nSPS) is 11.6. The molecular formula is C14H12BrClN2. The molecule has 2 N–H and O–H groups in total. The molecule has 0 radical (unpaired) electrons. The van der Waals surface area contributed by atoms with Gasteiger partial charge in [0.25, 0.3) is 0 Å². The molecule has 2 rings (SSSR count). The number of aliphatic imine (C=N–C) groups is 1. The molecule has 92 valence electrons. The van der Waals surface area contributed by atoms with Crippen LogP contribution in [0.25, 0.3) is 0 Å². The Morgan fingerprint density at radius 3 is 2.56 bits per heavy atom. The minimum atomic E-state index is 0.530. The van der Waals surface area contributed by atoms with E-state index in [-0.39, 0.29) is 0 Å². The lowest BCUT2D eigenvalue weighted by Crippen LogP contribution is -2.13. The van der Waals surface area contributed by atoms with Crippen molar-refractivity contribution in [1.82, 2.24) is 0 Å². The number of nitrogens with zero attached hydrogens (tertiary/aromatic N) is 1. The van der Waals surface area contributed by atoms with Gasteiger partial charge in [-0.15, -0.1) is 0 Å². The highest BCUT2D eigenvalue weighted by atomic mass is 79.9. The molecule has 2 nitrogen and oxygen atoms in total. The Labute approximate surface area is 120 Å². The third-order valence-corrected chi connectivity index (χ3v) is 3.22. The van der Waals surface area contributed by atoms with Crippen LogP contribution >= 0.6 is 27.5 Å². The quantitative estimate of drug-likeness (QED) is 0.672. The second-order valence-electron chi connectivity index (χ2n) is 3.84. The van der Waals surface area contributed by atoms with Gasteiger partial charge in [-0.2, -0.15) is 0 Å². The van der Waals surface area contributed by atoms with E-state index in [4.69, 9.17) is 17.3 Å². The van der Waals surface area contributed by atoms with Crippen molar-refractivity contribution in [2.45, 2.75) is 6.54 Å². The summed E-state index contributed by atoms with van der Waals surface area (Å²) in [5.41, 5.74) is 7.89. The van der Waals surface area contributed by atoms with Gasteiger partial charge in [-0.05, 0) is 29.8 Å². The molecule has 2 aromatic rings. The van der Waals surface area contributed by atoms with Crippen LogP contribution in [-0.2, 0) is 6.54 Å². The summed E-state index contributed by atoms with van der Waals surface area (Å²) in [6, 6.07) is 15.4. The molecule has 0 amide bonds. The fourth-order valence-electron chi connectivity index (χ4n) is 1.52. The van der Waals surface area contributed by atoms with Crippen molar-refractivity contribution < 1.29 is 0 Å². The minimum absolute atomic E-state index is 0.530. The van der Waals surface area contributed by atoms with Crippen molar-refractivity contribution in [3.63, 3.8) is 0 Å². The average molecular weight is 324 g/mol. The predicted molar refractivity (Wildman–Crippen MR) is 80.0 cm³/mol. The Hall–Kier alpha value is -1.32. The van der Waals surface area contributed by atoms with Crippen LogP contribution < -0.4 is 5.73 Å². The molecule has 0 bridgehead atoms. The molecule has 0 heterocycles. The summed E-state index contributed by atoms with van der Waals surface area (Å²) < 4.78 is 1.02. The van der Waals surface area contributed by atoms with Crippen molar-refractivity contribution in [3.8, 4) is 0 Å². The van der Waals surface area contributed by atoms with Gasteiger partial charge in [-0.25, -0.2) is 0 Å². The zero-order valence-corrected chi connectivity index (χ0v) is 11.9. The van der Waals surface area contributed by atoms with E-state index in [0.717, 1.165) is 15.6 Å². The highest BCUT2D eigenvalue weighted by Crippen LogP contribution is 2.13. The topological polar surface area (TPSA) is 38.4 Å². The number of nitrogens with two attached hydrogens (primary N) is 1. The molecule has 0 atom stereocenters. The molecule has 0 aliphatic carbocycles. The number of halogens is 2. The molecule has 2 aromatic carbocycles. The van der Waals surface area contributed by atoms with E-state index in [2.05, 4.69) is 20.9 Å². The van der Waals surface area contributed by atoms with E-state index in [1.54, 1.807) is 0 Å². The Balaban J connectivity index is 2.11. The summed E-state index contributed by atoms with van der Waals surface area (Å²) in [6.45, 7) is 0.530. The lowest BCUT2D eigenvalue weighted by molar-refractivity contribution is 1.06. The van der Waals surface area contributed by atoms with E-state index in [9.17, 15) is 0 Å². The number of hydrogen-bond acceptors (Lipinski definition) is 1. The summed E-state index contributed by atoms with van der Waals surface area (Å²) in [6.07, 6.45) is 0.